The Morgan fingerprint density at radius 1 is 0.962 bits per heavy atom. The van der Waals surface area contributed by atoms with Crippen molar-refractivity contribution in [2.75, 3.05) is 12.4 Å². The lowest BCUT2D eigenvalue weighted by Crippen LogP contribution is -2.14. The van der Waals surface area contributed by atoms with E-state index in [1.54, 1.807) is 31.4 Å². The van der Waals surface area contributed by atoms with E-state index in [0.717, 1.165) is 16.9 Å². The number of rotatable bonds is 4. The lowest BCUT2D eigenvalue weighted by Gasteiger charge is -2.08. The van der Waals surface area contributed by atoms with Crippen LogP contribution in [-0.2, 0) is 0 Å². The number of anilines is 1. The third kappa shape index (κ3) is 2.91. The van der Waals surface area contributed by atoms with Gasteiger partial charge in [0.25, 0.3) is 5.91 Å². The molecule has 26 heavy (non-hydrogen) atoms. The molecule has 1 amide bonds. The summed E-state index contributed by atoms with van der Waals surface area (Å²) in [6.45, 7) is 0. The van der Waals surface area contributed by atoms with Crippen LogP contribution in [0, 0.1) is 0 Å². The average Bonchev–Trinajstić information content (AvgIpc) is 3.07. The van der Waals surface area contributed by atoms with Gasteiger partial charge in [0.1, 0.15) is 22.9 Å². The van der Waals surface area contributed by atoms with Crippen LogP contribution >= 0.6 is 0 Å². The first-order chi connectivity index (χ1) is 12.8. The predicted molar refractivity (Wildman–Crippen MR) is 102 cm³/mol. The van der Waals surface area contributed by atoms with Crippen molar-refractivity contribution in [1.29, 1.82) is 0 Å². The van der Waals surface area contributed by atoms with Crippen LogP contribution in [0.5, 0.6) is 5.75 Å². The number of imidazole rings is 1. The molecule has 0 spiro atoms. The third-order valence-electron chi connectivity index (χ3n) is 4.16. The SMILES string of the molecule is COc1ccc(C(=O)Nc2c(-c3ccccc3)nc3ccccn23)cc1. The second-order valence-electron chi connectivity index (χ2n) is 5.79. The maximum absolute atomic E-state index is 12.7. The Kier molecular flexibility index (Phi) is 4.11. The number of hydrogen-bond donors (Lipinski definition) is 1. The standard InChI is InChI=1S/C21H17N3O2/c1-26-17-12-10-16(11-13-17)21(25)23-20-19(15-7-3-2-4-8-15)22-18-9-5-6-14-24(18)20/h2-14H,1H3,(H,23,25). The van der Waals surface area contributed by atoms with E-state index in [0.29, 0.717) is 17.1 Å². The zero-order chi connectivity index (χ0) is 17.9. The van der Waals surface area contributed by atoms with Gasteiger partial charge in [-0.05, 0) is 36.4 Å². The third-order valence-corrected chi connectivity index (χ3v) is 4.16. The van der Waals surface area contributed by atoms with E-state index >= 15 is 0 Å². The minimum Gasteiger partial charge on any atom is -0.497 e. The molecular weight excluding hydrogens is 326 g/mol. The van der Waals surface area contributed by atoms with E-state index in [4.69, 9.17) is 4.74 Å². The van der Waals surface area contributed by atoms with Gasteiger partial charge >= 0.3 is 0 Å². The molecule has 0 unspecified atom stereocenters. The van der Waals surface area contributed by atoms with Crippen molar-refractivity contribution >= 4 is 17.4 Å². The molecule has 0 aliphatic carbocycles. The van der Waals surface area contributed by atoms with Crippen LogP contribution < -0.4 is 10.1 Å². The second kappa shape index (κ2) is 6.72. The molecule has 0 bridgehead atoms. The minimum absolute atomic E-state index is 0.199. The number of carbonyl (C=O) groups is 1. The number of ether oxygens (including phenoxy) is 1. The highest BCUT2D eigenvalue weighted by molar-refractivity contribution is 6.05. The summed E-state index contributed by atoms with van der Waals surface area (Å²) in [5.74, 6) is 1.16. The van der Waals surface area contributed by atoms with Crippen molar-refractivity contribution in [2.45, 2.75) is 0 Å². The van der Waals surface area contributed by atoms with Crippen LogP contribution in [-0.4, -0.2) is 22.4 Å². The van der Waals surface area contributed by atoms with Crippen molar-refractivity contribution in [3.63, 3.8) is 0 Å². The van der Waals surface area contributed by atoms with Crippen LogP contribution in [0.2, 0.25) is 0 Å². The van der Waals surface area contributed by atoms with Crippen molar-refractivity contribution in [3.8, 4) is 17.0 Å². The molecule has 128 valence electrons. The van der Waals surface area contributed by atoms with Crippen molar-refractivity contribution < 1.29 is 9.53 Å². The smallest absolute Gasteiger partial charge is 0.256 e. The summed E-state index contributed by atoms with van der Waals surface area (Å²) in [6, 6.07) is 22.6. The maximum atomic E-state index is 12.7. The predicted octanol–water partition coefficient (Wildman–Crippen LogP) is 4.26. The zero-order valence-corrected chi connectivity index (χ0v) is 14.2. The molecule has 0 atom stereocenters. The van der Waals surface area contributed by atoms with Gasteiger partial charge in [-0.25, -0.2) is 4.98 Å². The number of nitrogens with one attached hydrogen (secondary N) is 1. The highest BCUT2D eigenvalue weighted by Gasteiger charge is 2.17. The number of aromatic nitrogens is 2. The number of nitrogens with zero attached hydrogens (tertiary/aromatic N) is 2. The molecule has 2 aromatic heterocycles. The van der Waals surface area contributed by atoms with Gasteiger partial charge in [-0.1, -0.05) is 36.4 Å². The monoisotopic (exact) mass is 343 g/mol. The van der Waals surface area contributed by atoms with Crippen molar-refractivity contribution in [2.24, 2.45) is 0 Å². The van der Waals surface area contributed by atoms with E-state index in [9.17, 15) is 4.79 Å². The Morgan fingerprint density at radius 2 is 1.69 bits per heavy atom. The summed E-state index contributed by atoms with van der Waals surface area (Å²) in [7, 11) is 1.60. The number of methoxy groups -OCH3 is 1. The lowest BCUT2D eigenvalue weighted by atomic mass is 10.1. The first kappa shape index (κ1) is 15.9. The Labute approximate surface area is 150 Å². The molecular formula is C21H17N3O2. The topological polar surface area (TPSA) is 55.6 Å². The Balaban J connectivity index is 1.76. The van der Waals surface area contributed by atoms with Crippen LogP contribution in [0.3, 0.4) is 0 Å². The molecule has 4 aromatic rings. The van der Waals surface area contributed by atoms with Crippen LogP contribution in [0.1, 0.15) is 10.4 Å². The van der Waals surface area contributed by atoms with Gasteiger partial charge < -0.3 is 10.1 Å². The largest absolute Gasteiger partial charge is 0.497 e. The van der Waals surface area contributed by atoms with E-state index < -0.39 is 0 Å². The normalized spacial score (nSPS) is 10.7. The molecule has 0 fully saturated rings. The van der Waals surface area contributed by atoms with Gasteiger partial charge in [-0.15, -0.1) is 0 Å². The van der Waals surface area contributed by atoms with Crippen molar-refractivity contribution in [3.05, 3.63) is 84.6 Å². The number of amides is 1. The molecule has 0 aliphatic heterocycles. The Bertz CT molecular complexity index is 1050. The van der Waals surface area contributed by atoms with E-state index in [1.165, 1.54) is 0 Å². The highest BCUT2D eigenvalue weighted by Crippen LogP contribution is 2.29. The fourth-order valence-corrected chi connectivity index (χ4v) is 2.83. The Morgan fingerprint density at radius 3 is 2.42 bits per heavy atom. The molecule has 2 aromatic carbocycles. The van der Waals surface area contributed by atoms with E-state index in [2.05, 4.69) is 10.3 Å². The molecule has 1 N–H and O–H groups in total. The fourth-order valence-electron chi connectivity index (χ4n) is 2.83. The maximum Gasteiger partial charge on any atom is 0.256 e. The summed E-state index contributed by atoms with van der Waals surface area (Å²) in [5, 5.41) is 3.01. The first-order valence-corrected chi connectivity index (χ1v) is 8.24. The summed E-state index contributed by atoms with van der Waals surface area (Å²) in [4.78, 5) is 17.4. The minimum atomic E-state index is -0.199. The molecule has 0 aliphatic rings. The van der Waals surface area contributed by atoms with E-state index in [1.807, 2.05) is 59.1 Å². The van der Waals surface area contributed by atoms with Crippen LogP contribution in [0.15, 0.2) is 79.0 Å². The zero-order valence-electron chi connectivity index (χ0n) is 14.2. The van der Waals surface area contributed by atoms with Gasteiger partial charge in [0.15, 0.2) is 0 Å². The highest BCUT2D eigenvalue weighted by atomic mass is 16.5. The van der Waals surface area contributed by atoms with Crippen LogP contribution in [0.25, 0.3) is 16.9 Å². The molecule has 0 saturated heterocycles. The fraction of sp³-hybridized carbons (Fsp3) is 0.0476. The van der Waals surface area contributed by atoms with Crippen molar-refractivity contribution in [1.82, 2.24) is 9.38 Å². The number of carbonyl (C=O) groups excluding carboxylic acids is 1. The van der Waals surface area contributed by atoms with E-state index in [-0.39, 0.29) is 5.91 Å². The van der Waals surface area contributed by atoms with Gasteiger partial charge in [-0.3, -0.25) is 9.20 Å². The number of benzene rings is 2. The summed E-state index contributed by atoms with van der Waals surface area (Å²) >= 11 is 0. The molecule has 0 saturated carbocycles. The molecule has 2 heterocycles. The average molecular weight is 343 g/mol. The van der Waals surface area contributed by atoms with Crippen LogP contribution in [0.4, 0.5) is 5.82 Å². The molecule has 0 radical (unpaired) electrons. The second-order valence-corrected chi connectivity index (χ2v) is 5.79. The lowest BCUT2D eigenvalue weighted by molar-refractivity contribution is 0.102. The molecule has 4 rings (SSSR count). The summed E-state index contributed by atoms with van der Waals surface area (Å²) in [5.41, 5.74) is 3.01. The number of pyridine rings is 1. The van der Waals surface area contributed by atoms with Gasteiger partial charge in [0.2, 0.25) is 0 Å². The molecule has 5 heteroatoms. The quantitative estimate of drug-likeness (QED) is 0.602. The Hall–Kier alpha value is -3.60. The van der Waals surface area contributed by atoms with Gasteiger partial charge in [0, 0.05) is 17.3 Å². The summed E-state index contributed by atoms with van der Waals surface area (Å²) < 4.78 is 7.02. The van der Waals surface area contributed by atoms with Gasteiger partial charge in [0.05, 0.1) is 7.11 Å². The number of fused-ring (bicyclic) bond motifs is 1. The van der Waals surface area contributed by atoms with Gasteiger partial charge in [-0.2, -0.15) is 0 Å². The molecule has 5 nitrogen and oxygen atoms in total. The first-order valence-electron chi connectivity index (χ1n) is 8.24. The summed E-state index contributed by atoms with van der Waals surface area (Å²) in [6.07, 6.45) is 1.89. The number of hydrogen-bond acceptors (Lipinski definition) is 3.